The topological polar surface area (TPSA) is 46.2 Å². The molecule has 1 saturated heterocycles. The highest BCUT2D eigenvalue weighted by Crippen LogP contribution is 2.50. The minimum absolute atomic E-state index is 0.410. The van der Waals surface area contributed by atoms with Crippen LogP contribution in [0.25, 0.3) is 0 Å². The zero-order chi connectivity index (χ0) is 31.7. The maximum atomic E-state index is 6.99. The van der Waals surface area contributed by atoms with Gasteiger partial charge in [-0.25, -0.2) is 0 Å². The van der Waals surface area contributed by atoms with Gasteiger partial charge in [-0.3, -0.25) is 0 Å². The zero-order valence-corrected chi connectivity index (χ0v) is 26.3. The molecule has 0 aromatic heterocycles. The number of methoxy groups -OCH3 is 2. The van der Waals surface area contributed by atoms with E-state index in [1.165, 1.54) is 0 Å². The van der Waals surface area contributed by atoms with Crippen molar-refractivity contribution in [2.24, 2.45) is 0 Å². The highest BCUT2D eigenvalue weighted by atomic mass is 16.7. The normalized spacial score (nSPS) is 17.0. The monoisotopic (exact) mass is 610 g/mol. The van der Waals surface area contributed by atoms with Crippen LogP contribution in [0.5, 0.6) is 0 Å². The standard InChI is InChI=1S/C40H39BO5/c1-42-39(33-21-10-4-11-22-33,34-23-12-5-13-24-34)37-38(46-41(45-37)29-18-30-44-31-32-19-8-3-9-20-32)40(43-2,35-25-14-6-15-26-35)36-27-16-7-17-28-36/h3-29,37-38H,30-31H2,1-2H3/b29-18+/t37-,38-/m1/s1. The second kappa shape index (κ2) is 14.9. The Morgan fingerprint density at radius 2 is 0.891 bits per heavy atom. The van der Waals surface area contributed by atoms with E-state index in [-0.39, 0.29) is 0 Å². The number of ether oxygens (including phenoxy) is 3. The SMILES string of the molecule is COC(c1ccccc1)(c1ccccc1)[C@@H]1OB(/C=C/COCc2ccccc2)O[C@H]1C(OC)(c1ccccc1)c1ccccc1. The summed E-state index contributed by atoms with van der Waals surface area (Å²) in [6, 6.07) is 51.0. The molecular formula is C40H39BO5. The van der Waals surface area contributed by atoms with E-state index in [2.05, 4.69) is 60.7 Å². The van der Waals surface area contributed by atoms with Gasteiger partial charge in [0.25, 0.3) is 0 Å². The van der Waals surface area contributed by atoms with Crippen LogP contribution >= 0.6 is 0 Å². The van der Waals surface area contributed by atoms with Gasteiger partial charge in [-0.2, -0.15) is 0 Å². The number of hydrogen-bond acceptors (Lipinski definition) is 5. The van der Waals surface area contributed by atoms with Crippen LogP contribution in [0.1, 0.15) is 27.8 Å². The second-order valence-electron chi connectivity index (χ2n) is 11.3. The third-order valence-corrected chi connectivity index (χ3v) is 8.71. The maximum absolute atomic E-state index is 6.99. The van der Waals surface area contributed by atoms with Gasteiger partial charge >= 0.3 is 7.12 Å². The van der Waals surface area contributed by atoms with Crippen molar-refractivity contribution in [1.82, 2.24) is 0 Å². The smallest absolute Gasteiger partial charge is 0.398 e. The Balaban J connectivity index is 1.46. The predicted octanol–water partition coefficient (Wildman–Crippen LogP) is 7.75. The molecule has 5 nitrogen and oxygen atoms in total. The minimum atomic E-state index is -1.05. The van der Waals surface area contributed by atoms with E-state index in [0.29, 0.717) is 13.2 Å². The molecule has 46 heavy (non-hydrogen) atoms. The van der Waals surface area contributed by atoms with Crippen LogP contribution in [-0.4, -0.2) is 40.2 Å². The first-order valence-electron chi connectivity index (χ1n) is 15.6. The number of rotatable bonds is 13. The van der Waals surface area contributed by atoms with Gasteiger partial charge in [0, 0.05) is 14.2 Å². The molecule has 232 valence electrons. The molecule has 0 unspecified atom stereocenters. The van der Waals surface area contributed by atoms with Crippen molar-refractivity contribution >= 4 is 7.12 Å². The molecule has 1 aliphatic heterocycles. The van der Waals surface area contributed by atoms with Crippen LogP contribution in [-0.2, 0) is 41.3 Å². The summed E-state index contributed by atoms with van der Waals surface area (Å²) in [5.41, 5.74) is 2.82. The zero-order valence-electron chi connectivity index (χ0n) is 26.3. The van der Waals surface area contributed by atoms with E-state index in [9.17, 15) is 0 Å². The maximum Gasteiger partial charge on any atom is 0.486 e. The van der Waals surface area contributed by atoms with Gasteiger partial charge in [0.2, 0.25) is 0 Å². The van der Waals surface area contributed by atoms with Crippen molar-refractivity contribution < 1.29 is 23.5 Å². The lowest BCUT2D eigenvalue weighted by molar-refractivity contribution is -0.136. The van der Waals surface area contributed by atoms with Crippen LogP contribution in [0.3, 0.4) is 0 Å². The number of hydrogen-bond donors (Lipinski definition) is 0. The van der Waals surface area contributed by atoms with Crippen molar-refractivity contribution in [3.63, 3.8) is 0 Å². The molecule has 6 heteroatoms. The first-order chi connectivity index (χ1) is 22.7. The lowest BCUT2D eigenvalue weighted by atomic mass is 9.71. The first kappa shape index (κ1) is 31.7. The van der Waals surface area contributed by atoms with Crippen molar-refractivity contribution in [2.45, 2.75) is 30.0 Å². The third-order valence-electron chi connectivity index (χ3n) is 8.71. The lowest BCUT2D eigenvalue weighted by Crippen LogP contribution is -2.56. The van der Waals surface area contributed by atoms with Crippen molar-refractivity contribution in [1.29, 1.82) is 0 Å². The van der Waals surface area contributed by atoms with Gasteiger partial charge in [0.15, 0.2) is 0 Å². The van der Waals surface area contributed by atoms with Crippen LogP contribution in [0.15, 0.2) is 164 Å². The van der Waals surface area contributed by atoms with E-state index in [1.807, 2.05) is 103 Å². The summed E-state index contributed by atoms with van der Waals surface area (Å²) in [7, 11) is 2.78. The second-order valence-corrected chi connectivity index (χ2v) is 11.3. The average Bonchev–Trinajstić information content (AvgIpc) is 3.56. The van der Waals surface area contributed by atoms with Crippen molar-refractivity contribution in [2.75, 3.05) is 20.8 Å². The molecule has 5 aromatic carbocycles. The largest absolute Gasteiger partial charge is 0.486 e. The fourth-order valence-corrected chi connectivity index (χ4v) is 6.60. The average molecular weight is 611 g/mol. The molecule has 5 aromatic rings. The summed E-state index contributed by atoms with van der Waals surface area (Å²) < 4.78 is 33.2. The summed E-state index contributed by atoms with van der Waals surface area (Å²) in [5, 5.41) is 0. The summed E-state index contributed by atoms with van der Waals surface area (Å²) >= 11 is 0. The fourth-order valence-electron chi connectivity index (χ4n) is 6.60. The van der Waals surface area contributed by atoms with Crippen molar-refractivity contribution in [3.05, 3.63) is 192 Å². The molecule has 0 amide bonds. The lowest BCUT2D eigenvalue weighted by Gasteiger charge is -2.46. The van der Waals surface area contributed by atoms with E-state index in [0.717, 1.165) is 27.8 Å². The van der Waals surface area contributed by atoms with Gasteiger partial charge in [-0.1, -0.05) is 164 Å². The Kier molecular flexibility index (Phi) is 10.2. The fraction of sp³-hybridized carbons (Fsp3) is 0.200. The molecule has 1 fully saturated rings. The van der Waals surface area contributed by atoms with Gasteiger partial charge in [0.05, 0.1) is 13.2 Å². The Morgan fingerprint density at radius 3 is 1.24 bits per heavy atom. The quantitative estimate of drug-likeness (QED) is 0.101. The molecule has 0 spiro atoms. The number of benzene rings is 5. The molecule has 2 atom stereocenters. The van der Waals surface area contributed by atoms with Gasteiger partial charge < -0.3 is 23.5 Å². The summed E-state index contributed by atoms with van der Waals surface area (Å²) in [5.74, 6) is 1.92. The molecule has 0 bridgehead atoms. The minimum Gasteiger partial charge on any atom is -0.398 e. The Bertz CT molecular complexity index is 1470. The molecule has 1 heterocycles. The van der Waals surface area contributed by atoms with Gasteiger partial charge in [-0.05, 0) is 27.8 Å². The Hall–Kier alpha value is -4.30. The Labute approximate surface area is 272 Å². The molecule has 0 radical (unpaired) electrons. The van der Waals surface area contributed by atoms with Gasteiger partial charge in [0.1, 0.15) is 23.4 Å². The van der Waals surface area contributed by atoms with Crippen LogP contribution in [0, 0.1) is 0 Å². The van der Waals surface area contributed by atoms with E-state index in [4.69, 9.17) is 23.5 Å². The van der Waals surface area contributed by atoms with Crippen LogP contribution in [0.2, 0.25) is 0 Å². The molecule has 6 rings (SSSR count). The van der Waals surface area contributed by atoms with Gasteiger partial charge in [-0.15, -0.1) is 0 Å². The molecule has 0 saturated carbocycles. The summed E-state index contributed by atoms with van der Waals surface area (Å²) in [6.45, 7) is 0.930. The molecule has 1 aliphatic rings. The Morgan fingerprint density at radius 1 is 0.543 bits per heavy atom. The van der Waals surface area contributed by atoms with Crippen LogP contribution in [0.4, 0.5) is 0 Å². The van der Waals surface area contributed by atoms with Crippen molar-refractivity contribution in [3.8, 4) is 0 Å². The molecule has 0 aliphatic carbocycles. The van der Waals surface area contributed by atoms with Crippen LogP contribution < -0.4 is 0 Å². The first-order valence-corrected chi connectivity index (χ1v) is 15.6. The highest BCUT2D eigenvalue weighted by molar-refractivity contribution is 6.51. The summed E-state index contributed by atoms with van der Waals surface area (Å²) in [6.07, 6.45) is 0.650. The molecule has 0 N–H and O–H groups in total. The van der Waals surface area contributed by atoms with E-state index >= 15 is 0 Å². The predicted molar refractivity (Wildman–Crippen MR) is 182 cm³/mol. The summed E-state index contributed by atoms with van der Waals surface area (Å²) in [4.78, 5) is 0. The third kappa shape index (κ3) is 6.23. The van der Waals surface area contributed by atoms with E-state index in [1.54, 1.807) is 14.2 Å². The van der Waals surface area contributed by atoms with E-state index < -0.39 is 30.5 Å². The highest BCUT2D eigenvalue weighted by Gasteiger charge is 2.61. The molecular weight excluding hydrogens is 571 g/mol.